The molecule has 130 valence electrons. The fourth-order valence-corrected chi connectivity index (χ4v) is 3.29. The molecule has 25 heavy (non-hydrogen) atoms. The van der Waals surface area contributed by atoms with Crippen molar-refractivity contribution in [3.8, 4) is 11.6 Å². The fraction of sp³-hybridized carbons (Fsp3) is 0.188. The van der Waals surface area contributed by atoms with E-state index in [2.05, 4.69) is 31.4 Å². The molecule has 0 aliphatic carbocycles. The number of carbonyl (C=O) groups excluding carboxylic acids is 1. The van der Waals surface area contributed by atoms with E-state index in [1.165, 1.54) is 23.9 Å². The molecule has 9 heteroatoms. The summed E-state index contributed by atoms with van der Waals surface area (Å²) in [6.45, 7) is 2.58. The maximum absolute atomic E-state index is 13.6. The molecule has 2 aromatic heterocycles. The molecule has 1 amide bonds. The van der Waals surface area contributed by atoms with E-state index in [1.54, 1.807) is 24.3 Å². The Hall–Kier alpha value is -2.13. The van der Waals surface area contributed by atoms with Gasteiger partial charge in [0.2, 0.25) is 11.7 Å². The molecule has 1 N–H and O–H groups in total. The standard InChI is InChI=1S/C16H14BrFN4O2S/c1-2-22-15(12-7-8-13(17)24-12)20-21-16(22)25-9-14(23)19-11-6-4-3-5-10(11)18/h3-8H,2,9H2,1H3,(H,19,23). The van der Waals surface area contributed by atoms with Gasteiger partial charge in [0.25, 0.3) is 0 Å². The summed E-state index contributed by atoms with van der Waals surface area (Å²) in [5.74, 6) is 0.481. The van der Waals surface area contributed by atoms with Gasteiger partial charge in [-0.2, -0.15) is 0 Å². The average Bonchev–Trinajstić information content (AvgIpc) is 3.20. The second-order valence-electron chi connectivity index (χ2n) is 4.97. The van der Waals surface area contributed by atoms with Crippen molar-refractivity contribution in [2.75, 3.05) is 11.1 Å². The number of carbonyl (C=O) groups is 1. The van der Waals surface area contributed by atoms with Crippen molar-refractivity contribution < 1.29 is 13.6 Å². The summed E-state index contributed by atoms with van der Waals surface area (Å²) in [6.07, 6.45) is 0. The zero-order chi connectivity index (χ0) is 17.8. The number of hydrogen-bond acceptors (Lipinski definition) is 5. The van der Waals surface area contributed by atoms with Gasteiger partial charge in [0, 0.05) is 6.54 Å². The number of halogens is 2. The summed E-state index contributed by atoms with van der Waals surface area (Å²) >= 11 is 4.49. The predicted molar refractivity (Wildman–Crippen MR) is 96.9 cm³/mol. The summed E-state index contributed by atoms with van der Waals surface area (Å²) in [6, 6.07) is 9.60. The minimum absolute atomic E-state index is 0.0916. The second-order valence-corrected chi connectivity index (χ2v) is 6.69. The lowest BCUT2D eigenvalue weighted by atomic mass is 10.3. The molecule has 3 aromatic rings. The summed E-state index contributed by atoms with van der Waals surface area (Å²) in [5.41, 5.74) is 0.159. The van der Waals surface area contributed by atoms with Crippen molar-refractivity contribution in [1.82, 2.24) is 14.8 Å². The molecule has 0 spiro atoms. The molecule has 0 radical (unpaired) electrons. The van der Waals surface area contributed by atoms with Gasteiger partial charge < -0.3 is 9.73 Å². The zero-order valence-electron chi connectivity index (χ0n) is 13.2. The van der Waals surface area contributed by atoms with Gasteiger partial charge in [-0.1, -0.05) is 23.9 Å². The minimum Gasteiger partial charge on any atom is -0.446 e. The lowest BCUT2D eigenvalue weighted by Gasteiger charge is -2.07. The first-order valence-corrected chi connectivity index (χ1v) is 9.22. The van der Waals surface area contributed by atoms with Crippen LogP contribution >= 0.6 is 27.7 Å². The second kappa shape index (κ2) is 7.83. The molecule has 0 aliphatic heterocycles. The van der Waals surface area contributed by atoms with Gasteiger partial charge in [-0.05, 0) is 47.1 Å². The van der Waals surface area contributed by atoms with Gasteiger partial charge >= 0.3 is 0 Å². The Bertz CT molecular complexity index is 896. The van der Waals surface area contributed by atoms with Crippen molar-refractivity contribution in [3.05, 3.63) is 46.9 Å². The smallest absolute Gasteiger partial charge is 0.234 e. The molecule has 0 atom stereocenters. The molecule has 1 aromatic carbocycles. The molecule has 6 nitrogen and oxygen atoms in total. The van der Waals surface area contributed by atoms with Gasteiger partial charge in [-0.15, -0.1) is 10.2 Å². The van der Waals surface area contributed by atoms with E-state index in [1.807, 2.05) is 11.5 Å². The normalized spacial score (nSPS) is 10.8. The highest BCUT2D eigenvalue weighted by Crippen LogP contribution is 2.27. The molecular formula is C16H14BrFN4O2S. The first kappa shape index (κ1) is 17.7. The van der Waals surface area contributed by atoms with Crippen molar-refractivity contribution in [3.63, 3.8) is 0 Å². The van der Waals surface area contributed by atoms with E-state index in [-0.39, 0.29) is 17.3 Å². The maximum Gasteiger partial charge on any atom is 0.234 e. The SMILES string of the molecule is CCn1c(SCC(=O)Nc2ccccc2F)nnc1-c1ccc(Br)o1. The summed E-state index contributed by atoms with van der Waals surface area (Å²) in [4.78, 5) is 12.0. The van der Waals surface area contributed by atoms with Crippen molar-refractivity contribution >= 4 is 39.3 Å². The predicted octanol–water partition coefficient (Wildman–Crippen LogP) is 4.19. The van der Waals surface area contributed by atoms with E-state index in [0.717, 1.165) is 0 Å². The van der Waals surface area contributed by atoms with E-state index in [4.69, 9.17) is 4.42 Å². The van der Waals surface area contributed by atoms with E-state index >= 15 is 0 Å². The van der Waals surface area contributed by atoms with Crippen LogP contribution in [0.4, 0.5) is 10.1 Å². The van der Waals surface area contributed by atoms with Gasteiger partial charge in [0.05, 0.1) is 11.4 Å². The Kier molecular flexibility index (Phi) is 5.54. The van der Waals surface area contributed by atoms with Crippen LogP contribution in [0.3, 0.4) is 0 Å². The monoisotopic (exact) mass is 424 g/mol. The number of aromatic nitrogens is 3. The van der Waals surface area contributed by atoms with E-state index in [9.17, 15) is 9.18 Å². The number of nitrogens with zero attached hydrogens (tertiary/aromatic N) is 3. The number of thioether (sulfide) groups is 1. The van der Waals surface area contributed by atoms with Crippen LogP contribution in [0.15, 0.2) is 50.6 Å². The first-order chi connectivity index (χ1) is 12.1. The largest absolute Gasteiger partial charge is 0.446 e. The highest BCUT2D eigenvalue weighted by Gasteiger charge is 2.17. The molecule has 0 aliphatic rings. The highest BCUT2D eigenvalue weighted by atomic mass is 79.9. The number of hydrogen-bond donors (Lipinski definition) is 1. The van der Waals surface area contributed by atoms with Gasteiger partial charge in [-0.25, -0.2) is 4.39 Å². The number of para-hydroxylation sites is 1. The molecule has 2 heterocycles. The number of benzene rings is 1. The van der Waals surface area contributed by atoms with Gasteiger partial charge in [0.15, 0.2) is 15.6 Å². The Balaban J connectivity index is 1.68. The van der Waals surface area contributed by atoms with Crippen molar-refractivity contribution in [2.45, 2.75) is 18.6 Å². The number of anilines is 1. The third-order valence-electron chi connectivity index (χ3n) is 3.31. The van der Waals surface area contributed by atoms with Crippen LogP contribution < -0.4 is 5.32 Å². The van der Waals surface area contributed by atoms with E-state index < -0.39 is 5.82 Å². The zero-order valence-corrected chi connectivity index (χ0v) is 15.6. The van der Waals surface area contributed by atoms with Crippen molar-refractivity contribution in [1.29, 1.82) is 0 Å². The summed E-state index contributed by atoms with van der Waals surface area (Å²) in [5, 5.41) is 11.4. The highest BCUT2D eigenvalue weighted by molar-refractivity contribution is 9.10. The lowest BCUT2D eigenvalue weighted by Crippen LogP contribution is -2.15. The Morgan fingerprint density at radius 3 is 2.80 bits per heavy atom. The van der Waals surface area contributed by atoms with Crippen LogP contribution in [0.2, 0.25) is 0 Å². The molecular weight excluding hydrogens is 411 g/mol. The topological polar surface area (TPSA) is 73.0 Å². The summed E-state index contributed by atoms with van der Waals surface area (Å²) < 4.78 is 21.5. The van der Waals surface area contributed by atoms with Crippen LogP contribution in [0.1, 0.15) is 6.92 Å². The van der Waals surface area contributed by atoms with Crippen LogP contribution in [0.25, 0.3) is 11.6 Å². The first-order valence-electron chi connectivity index (χ1n) is 7.44. The maximum atomic E-state index is 13.6. The number of nitrogens with one attached hydrogen (secondary N) is 1. The quantitative estimate of drug-likeness (QED) is 0.600. The fourth-order valence-electron chi connectivity index (χ4n) is 2.18. The number of amides is 1. The van der Waals surface area contributed by atoms with E-state index in [0.29, 0.717) is 28.0 Å². The number of furan rings is 1. The molecule has 0 fully saturated rings. The summed E-state index contributed by atoms with van der Waals surface area (Å²) in [7, 11) is 0. The number of rotatable bonds is 6. The average molecular weight is 425 g/mol. The Morgan fingerprint density at radius 1 is 1.32 bits per heavy atom. The molecule has 0 saturated carbocycles. The third kappa shape index (κ3) is 4.10. The van der Waals surface area contributed by atoms with Crippen molar-refractivity contribution in [2.24, 2.45) is 0 Å². The molecule has 0 saturated heterocycles. The minimum atomic E-state index is -0.469. The van der Waals surface area contributed by atoms with Crippen LogP contribution in [-0.2, 0) is 11.3 Å². The molecule has 0 unspecified atom stereocenters. The molecule has 0 bridgehead atoms. The van der Waals surface area contributed by atoms with Gasteiger partial charge in [-0.3, -0.25) is 9.36 Å². The molecule has 3 rings (SSSR count). The third-order valence-corrected chi connectivity index (χ3v) is 4.70. The Labute approximate surface area is 155 Å². The van der Waals surface area contributed by atoms with Crippen LogP contribution in [0.5, 0.6) is 0 Å². The van der Waals surface area contributed by atoms with Crippen LogP contribution in [0, 0.1) is 5.82 Å². The van der Waals surface area contributed by atoms with Gasteiger partial charge in [0.1, 0.15) is 5.82 Å². The van der Waals surface area contributed by atoms with Crippen LogP contribution in [-0.4, -0.2) is 26.4 Å². The Morgan fingerprint density at radius 2 is 2.12 bits per heavy atom. The lowest BCUT2D eigenvalue weighted by molar-refractivity contribution is -0.113.